The van der Waals surface area contributed by atoms with E-state index in [1.54, 1.807) is 0 Å². The monoisotopic (exact) mass is 295 g/mol. The molecule has 3 heteroatoms. The molecular weight excluding hydrogens is 274 g/mol. The van der Waals surface area contributed by atoms with Crippen molar-refractivity contribution in [1.29, 1.82) is 0 Å². The van der Waals surface area contributed by atoms with E-state index >= 15 is 0 Å². The molecule has 0 fully saturated rings. The van der Waals surface area contributed by atoms with Crippen molar-refractivity contribution >= 4 is 11.6 Å². The second-order valence-electron chi connectivity index (χ2n) is 5.97. The summed E-state index contributed by atoms with van der Waals surface area (Å²) < 4.78 is 5.84. The van der Waals surface area contributed by atoms with Gasteiger partial charge in [0.05, 0.1) is 0 Å². The molecule has 0 N–H and O–H groups in total. The molecule has 114 valence electrons. The first-order valence-electron chi connectivity index (χ1n) is 7.70. The van der Waals surface area contributed by atoms with E-state index in [1.807, 2.05) is 61.2 Å². The van der Waals surface area contributed by atoms with E-state index < -0.39 is 6.10 Å². The van der Waals surface area contributed by atoms with Crippen molar-refractivity contribution in [3.8, 4) is 5.75 Å². The number of aryl methyl sites for hydroxylation is 1. The van der Waals surface area contributed by atoms with Crippen molar-refractivity contribution in [1.82, 2.24) is 0 Å². The molecule has 0 spiro atoms. The predicted octanol–water partition coefficient (Wildman–Crippen LogP) is 3.74. The number of amides is 1. The number of carbonyl (C=O) groups excluding carboxylic acids is 1. The molecule has 0 saturated heterocycles. The van der Waals surface area contributed by atoms with Crippen LogP contribution in [-0.2, 0) is 11.2 Å². The van der Waals surface area contributed by atoms with Gasteiger partial charge in [-0.25, -0.2) is 0 Å². The van der Waals surface area contributed by atoms with Crippen molar-refractivity contribution in [2.75, 3.05) is 4.90 Å². The van der Waals surface area contributed by atoms with E-state index in [9.17, 15) is 4.79 Å². The lowest BCUT2D eigenvalue weighted by atomic mass is 10.1. The molecule has 0 aromatic heterocycles. The van der Waals surface area contributed by atoms with Crippen molar-refractivity contribution in [3.63, 3.8) is 0 Å². The first-order valence-corrected chi connectivity index (χ1v) is 7.70. The summed E-state index contributed by atoms with van der Waals surface area (Å²) >= 11 is 0. The number of carbonyl (C=O) groups is 1. The average molecular weight is 295 g/mol. The number of ether oxygens (including phenoxy) is 1. The summed E-state index contributed by atoms with van der Waals surface area (Å²) in [4.78, 5) is 14.7. The van der Waals surface area contributed by atoms with Crippen LogP contribution >= 0.6 is 0 Å². The highest BCUT2D eigenvalue weighted by atomic mass is 16.5. The third-order valence-corrected chi connectivity index (χ3v) is 4.09. The normalized spacial score (nSPS) is 18.0. The maximum atomic E-state index is 12.8. The lowest BCUT2D eigenvalue weighted by molar-refractivity contribution is -0.124. The van der Waals surface area contributed by atoms with E-state index in [4.69, 9.17) is 4.74 Å². The number of hydrogen-bond donors (Lipinski definition) is 0. The van der Waals surface area contributed by atoms with Gasteiger partial charge in [0.1, 0.15) is 5.75 Å². The highest BCUT2D eigenvalue weighted by molar-refractivity contribution is 5.99. The van der Waals surface area contributed by atoms with Crippen LogP contribution in [0.2, 0.25) is 0 Å². The van der Waals surface area contributed by atoms with Crippen molar-refractivity contribution in [2.45, 2.75) is 39.3 Å². The van der Waals surface area contributed by atoms with E-state index in [-0.39, 0.29) is 11.9 Å². The van der Waals surface area contributed by atoms with Crippen molar-refractivity contribution in [2.24, 2.45) is 0 Å². The molecule has 2 atom stereocenters. The number of fused-ring (bicyclic) bond motifs is 1. The fourth-order valence-corrected chi connectivity index (χ4v) is 3.04. The van der Waals surface area contributed by atoms with Gasteiger partial charge in [0, 0.05) is 11.7 Å². The molecule has 22 heavy (non-hydrogen) atoms. The van der Waals surface area contributed by atoms with E-state index in [2.05, 4.69) is 13.0 Å². The summed E-state index contributed by atoms with van der Waals surface area (Å²) in [5.74, 6) is 0.750. The molecule has 1 heterocycles. The predicted molar refractivity (Wildman–Crippen MR) is 88.4 cm³/mol. The van der Waals surface area contributed by atoms with Gasteiger partial charge in [-0.15, -0.1) is 0 Å². The van der Waals surface area contributed by atoms with Crippen LogP contribution in [0.25, 0.3) is 0 Å². The van der Waals surface area contributed by atoms with Gasteiger partial charge in [-0.05, 0) is 56.5 Å². The topological polar surface area (TPSA) is 29.5 Å². The van der Waals surface area contributed by atoms with Crippen LogP contribution < -0.4 is 9.64 Å². The zero-order chi connectivity index (χ0) is 15.7. The first kappa shape index (κ1) is 14.6. The Morgan fingerprint density at radius 1 is 1.23 bits per heavy atom. The number of para-hydroxylation sites is 1. The molecule has 3 nitrogen and oxygen atoms in total. The molecule has 2 aromatic carbocycles. The van der Waals surface area contributed by atoms with Gasteiger partial charge in [-0.1, -0.05) is 30.3 Å². The Bertz CT molecular complexity index is 695. The second kappa shape index (κ2) is 5.84. The number of anilines is 1. The summed E-state index contributed by atoms with van der Waals surface area (Å²) in [5.41, 5.74) is 3.36. The maximum Gasteiger partial charge on any atom is 0.268 e. The number of hydrogen-bond acceptors (Lipinski definition) is 2. The van der Waals surface area contributed by atoms with Gasteiger partial charge in [-0.2, -0.15) is 0 Å². The molecular formula is C19H21NO2. The van der Waals surface area contributed by atoms with Crippen molar-refractivity contribution in [3.05, 3.63) is 59.7 Å². The van der Waals surface area contributed by atoms with E-state index in [1.165, 1.54) is 5.56 Å². The number of rotatable bonds is 3. The minimum atomic E-state index is -0.504. The Morgan fingerprint density at radius 2 is 2.00 bits per heavy atom. The van der Waals surface area contributed by atoms with E-state index in [0.717, 1.165) is 23.4 Å². The molecule has 3 rings (SSSR count). The zero-order valence-electron chi connectivity index (χ0n) is 13.2. The van der Waals surface area contributed by atoms with Crippen LogP contribution in [0.1, 0.15) is 25.0 Å². The molecule has 0 bridgehead atoms. The summed E-state index contributed by atoms with van der Waals surface area (Å²) in [6, 6.07) is 16.1. The summed E-state index contributed by atoms with van der Waals surface area (Å²) in [6.07, 6.45) is 0.398. The van der Waals surface area contributed by atoms with Crippen LogP contribution in [0.15, 0.2) is 48.5 Å². The van der Waals surface area contributed by atoms with Crippen LogP contribution in [-0.4, -0.2) is 18.1 Å². The summed E-state index contributed by atoms with van der Waals surface area (Å²) in [7, 11) is 0. The highest BCUT2D eigenvalue weighted by Crippen LogP contribution is 2.32. The largest absolute Gasteiger partial charge is 0.481 e. The third-order valence-electron chi connectivity index (χ3n) is 4.09. The van der Waals surface area contributed by atoms with Crippen LogP contribution in [0.3, 0.4) is 0 Å². The van der Waals surface area contributed by atoms with Gasteiger partial charge in [-0.3, -0.25) is 4.79 Å². The fraction of sp³-hybridized carbons (Fsp3) is 0.316. The lowest BCUT2D eigenvalue weighted by Crippen LogP contribution is -2.43. The molecule has 1 aliphatic heterocycles. The van der Waals surface area contributed by atoms with Crippen LogP contribution in [0.4, 0.5) is 5.69 Å². The third kappa shape index (κ3) is 2.71. The Morgan fingerprint density at radius 3 is 2.77 bits per heavy atom. The minimum absolute atomic E-state index is 0.0129. The molecule has 1 aliphatic rings. The number of nitrogens with zero attached hydrogens (tertiary/aromatic N) is 1. The van der Waals surface area contributed by atoms with Crippen LogP contribution in [0.5, 0.6) is 5.75 Å². The molecule has 0 radical (unpaired) electrons. The van der Waals surface area contributed by atoms with Gasteiger partial charge >= 0.3 is 0 Å². The Kier molecular flexibility index (Phi) is 3.88. The smallest absolute Gasteiger partial charge is 0.268 e. The Labute approximate surface area is 131 Å². The Balaban J connectivity index is 1.79. The second-order valence-corrected chi connectivity index (χ2v) is 5.97. The molecule has 2 aromatic rings. The summed E-state index contributed by atoms with van der Waals surface area (Å²) in [5, 5.41) is 0. The first-order chi connectivity index (χ1) is 10.6. The van der Waals surface area contributed by atoms with E-state index in [0.29, 0.717) is 0 Å². The average Bonchev–Trinajstić information content (AvgIpc) is 2.82. The number of benzene rings is 2. The highest BCUT2D eigenvalue weighted by Gasteiger charge is 2.33. The minimum Gasteiger partial charge on any atom is -0.481 e. The SMILES string of the molecule is Cc1cccc(O[C@H](C)C(=O)N2c3ccccc3C[C@H]2C)c1. The maximum absolute atomic E-state index is 12.8. The fourth-order valence-electron chi connectivity index (χ4n) is 3.04. The standard InChI is InChI=1S/C19H21NO2/c1-13-7-6-9-17(11-13)22-15(3)19(21)20-14(2)12-16-8-4-5-10-18(16)20/h4-11,14-15H,12H2,1-3H3/t14-,15-/m1/s1. The van der Waals surface area contributed by atoms with Gasteiger partial charge in [0.2, 0.25) is 0 Å². The molecule has 0 unspecified atom stereocenters. The van der Waals surface area contributed by atoms with Gasteiger partial charge < -0.3 is 9.64 Å². The van der Waals surface area contributed by atoms with Crippen molar-refractivity contribution < 1.29 is 9.53 Å². The van der Waals surface area contributed by atoms with Gasteiger partial charge in [0.15, 0.2) is 6.10 Å². The Hall–Kier alpha value is -2.29. The van der Waals surface area contributed by atoms with Crippen LogP contribution in [0, 0.1) is 6.92 Å². The van der Waals surface area contributed by atoms with Gasteiger partial charge in [0.25, 0.3) is 5.91 Å². The zero-order valence-corrected chi connectivity index (χ0v) is 13.2. The molecule has 0 saturated carbocycles. The lowest BCUT2D eigenvalue weighted by Gasteiger charge is -2.26. The summed E-state index contributed by atoms with van der Waals surface area (Å²) in [6.45, 7) is 5.91. The quantitative estimate of drug-likeness (QED) is 0.863. The molecule has 0 aliphatic carbocycles. The molecule has 1 amide bonds.